The summed E-state index contributed by atoms with van der Waals surface area (Å²) in [5.74, 6) is 5.63. The summed E-state index contributed by atoms with van der Waals surface area (Å²) in [7, 11) is 0. The van der Waals surface area contributed by atoms with Crippen molar-refractivity contribution in [1.29, 1.82) is 0 Å². The second kappa shape index (κ2) is 3.81. The topological polar surface area (TPSA) is 38.0 Å². The van der Waals surface area contributed by atoms with Crippen LogP contribution in [0.2, 0.25) is 5.02 Å². The van der Waals surface area contributed by atoms with Crippen LogP contribution >= 0.6 is 23.2 Å². The van der Waals surface area contributed by atoms with Gasteiger partial charge in [-0.1, -0.05) is 11.6 Å². The fourth-order valence-corrected chi connectivity index (χ4v) is 1.23. The number of halogens is 2. The van der Waals surface area contributed by atoms with Gasteiger partial charge in [0.1, 0.15) is 0 Å². The van der Waals surface area contributed by atoms with E-state index < -0.39 is 0 Å². The van der Waals surface area contributed by atoms with Gasteiger partial charge in [0.2, 0.25) is 0 Å². The number of alkyl halides is 1. The predicted octanol–water partition coefficient (Wildman–Crippen LogP) is 2.36. The molecule has 0 aromatic heterocycles. The highest BCUT2D eigenvalue weighted by Gasteiger charge is 1.99. The average Bonchev–Trinajstić information content (AvgIpc) is 2.04. The fraction of sp³-hybridized carbons (Fsp3) is 0.143. The molecule has 2 nitrogen and oxygen atoms in total. The maximum atomic E-state index is 5.73. The van der Waals surface area contributed by atoms with Crippen LogP contribution < -0.4 is 11.3 Å². The zero-order valence-corrected chi connectivity index (χ0v) is 7.28. The standard InChI is InChI=1S/C7H8Cl2N2/c8-4-5-3-6(9)1-2-7(5)11-10/h1-3,11H,4,10H2. The van der Waals surface area contributed by atoms with Gasteiger partial charge in [-0.05, 0) is 23.8 Å². The molecule has 0 atom stereocenters. The molecule has 11 heavy (non-hydrogen) atoms. The second-order valence-electron chi connectivity index (χ2n) is 2.08. The summed E-state index contributed by atoms with van der Waals surface area (Å²) in [6.07, 6.45) is 0. The number of anilines is 1. The SMILES string of the molecule is NNc1ccc(Cl)cc1CCl. The van der Waals surface area contributed by atoms with E-state index in [1.54, 1.807) is 18.2 Å². The number of hydrogen-bond donors (Lipinski definition) is 2. The van der Waals surface area contributed by atoms with Gasteiger partial charge in [0, 0.05) is 10.9 Å². The quantitative estimate of drug-likeness (QED) is 0.427. The van der Waals surface area contributed by atoms with Crippen LogP contribution in [-0.4, -0.2) is 0 Å². The molecule has 0 saturated carbocycles. The summed E-state index contributed by atoms with van der Waals surface area (Å²) in [6, 6.07) is 5.33. The van der Waals surface area contributed by atoms with Gasteiger partial charge in [-0.2, -0.15) is 0 Å². The van der Waals surface area contributed by atoms with Crippen LogP contribution in [0.5, 0.6) is 0 Å². The van der Waals surface area contributed by atoms with Gasteiger partial charge in [-0.15, -0.1) is 11.6 Å². The molecular weight excluding hydrogens is 183 g/mol. The Labute approximate surface area is 75.3 Å². The lowest BCUT2D eigenvalue weighted by molar-refractivity contribution is 1.29. The Morgan fingerprint density at radius 2 is 2.18 bits per heavy atom. The van der Waals surface area contributed by atoms with E-state index in [1.165, 1.54) is 0 Å². The van der Waals surface area contributed by atoms with Gasteiger partial charge in [-0.25, -0.2) is 0 Å². The third-order valence-corrected chi connectivity index (χ3v) is 1.89. The number of rotatable bonds is 2. The third kappa shape index (κ3) is 1.99. The Morgan fingerprint density at radius 1 is 1.45 bits per heavy atom. The highest BCUT2D eigenvalue weighted by molar-refractivity contribution is 6.30. The first-order chi connectivity index (χ1) is 5.27. The van der Waals surface area contributed by atoms with Gasteiger partial charge in [0.25, 0.3) is 0 Å². The summed E-state index contributed by atoms with van der Waals surface area (Å²) in [5.41, 5.74) is 4.24. The molecule has 0 spiro atoms. The minimum Gasteiger partial charge on any atom is -0.324 e. The molecule has 0 aliphatic rings. The molecule has 1 rings (SSSR count). The molecule has 0 radical (unpaired) electrons. The minimum atomic E-state index is 0.403. The van der Waals surface area contributed by atoms with Gasteiger partial charge in [0.05, 0.1) is 5.69 Å². The molecule has 0 unspecified atom stereocenters. The molecule has 60 valence electrons. The number of nitrogen functional groups attached to an aromatic ring is 1. The van der Waals surface area contributed by atoms with E-state index in [1.807, 2.05) is 0 Å². The van der Waals surface area contributed by atoms with Crippen molar-refractivity contribution in [3.05, 3.63) is 28.8 Å². The van der Waals surface area contributed by atoms with Crippen molar-refractivity contribution in [2.75, 3.05) is 5.43 Å². The number of benzene rings is 1. The maximum absolute atomic E-state index is 5.73. The smallest absolute Gasteiger partial charge is 0.0530 e. The predicted molar refractivity (Wildman–Crippen MR) is 48.8 cm³/mol. The molecule has 0 fully saturated rings. The number of nitrogens with two attached hydrogens (primary N) is 1. The highest BCUT2D eigenvalue weighted by atomic mass is 35.5. The van der Waals surface area contributed by atoms with Crippen molar-refractivity contribution < 1.29 is 0 Å². The van der Waals surface area contributed by atoms with Crippen LogP contribution in [0.25, 0.3) is 0 Å². The van der Waals surface area contributed by atoms with Gasteiger partial charge >= 0.3 is 0 Å². The van der Waals surface area contributed by atoms with Crippen molar-refractivity contribution in [1.82, 2.24) is 0 Å². The number of hydrazine groups is 1. The lowest BCUT2D eigenvalue weighted by Crippen LogP contribution is -2.08. The van der Waals surface area contributed by atoms with Gasteiger partial charge < -0.3 is 5.43 Å². The van der Waals surface area contributed by atoms with E-state index in [9.17, 15) is 0 Å². The highest BCUT2D eigenvalue weighted by Crippen LogP contribution is 2.20. The molecule has 0 amide bonds. The van der Waals surface area contributed by atoms with Crippen molar-refractivity contribution in [3.63, 3.8) is 0 Å². The molecule has 1 aromatic carbocycles. The van der Waals surface area contributed by atoms with E-state index in [4.69, 9.17) is 29.0 Å². The zero-order chi connectivity index (χ0) is 8.27. The van der Waals surface area contributed by atoms with Crippen LogP contribution in [0.4, 0.5) is 5.69 Å². The monoisotopic (exact) mass is 190 g/mol. The van der Waals surface area contributed by atoms with Crippen LogP contribution in [0.1, 0.15) is 5.56 Å². The molecule has 1 aromatic rings. The zero-order valence-electron chi connectivity index (χ0n) is 5.77. The Kier molecular flexibility index (Phi) is 3.00. The second-order valence-corrected chi connectivity index (χ2v) is 2.78. The summed E-state index contributed by atoms with van der Waals surface area (Å²) >= 11 is 11.4. The fourth-order valence-electron chi connectivity index (χ4n) is 0.814. The first-order valence-corrected chi connectivity index (χ1v) is 4.00. The summed E-state index contributed by atoms with van der Waals surface area (Å²) < 4.78 is 0. The van der Waals surface area contributed by atoms with E-state index in [0.717, 1.165) is 11.3 Å². The summed E-state index contributed by atoms with van der Waals surface area (Å²) in [5, 5.41) is 0.666. The molecular formula is C7H8Cl2N2. The van der Waals surface area contributed by atoms with Crippen LogP contribution in [0, 0.1) is 0 Å². The molecule has 0 aliphatic carbocycles. The van der Waals surface area contributed by atoms with E-state index >= 15 is 0 Å². The molecule has 0 heterocycles. The molecule has 0 aliphatic heterocycles. The Hall–Kier alpha value is -0.440. The van der Waals surface area contributed by atoms with Crippen molar-refractivity contribution in [3.8, 4) is 0 Å². The average molecular weight is 191 g/mol. The van der Waals surface area contributed by atoms with Crippen molar-refractivity contribution >= 4 is 28.9 Å². The Morgan fingerprint density at radius 3 is 2.73 bits per heavy atom. The van der Waals surface area contributed by atoms with E-state index in [-0.39, 0.29) is 0 Å². The van der Waals surface area contributed by atoms with Crippen LogP contribution in [-0.2, 0) is 5.88 Å². The largest absolute Gasteiger partial charge is 0.324 e. The van der Waals surface area contributed by atoms with E-state index in [0.29, 0.717) is 10.9 Å². The normalized spacial score (nSPS) is 9.73. The van der Waals surface area contributed by atoms with Gasteiger partial charge in [0.15, 0.2) is 0 Å². The van der Waals surface area contributed by atoms with Gasteiger partial charge in [-0.3, -0.25) is 5.84 Å². The summed E-state index contributed by atoms with van der Waals surface area (Å²) in [6.45, 7) is 0. The summed E-state index contributed by atoms with van der Waals surface area (Å²) in [4.78, 5) is 0. The van der Waals surface area contributed by atoms with Crippen LogP contribution in [0.3, 0.4) is 0 Å². The number of hydrogen-bond acceptors (Lipinski definition) is 2. The number of nitrogens with one attached hydrogen (secondary N) is 1. The molecule has 4 heteroatoms. The van der Waals surface area contributed by atoms with E-state index in [2.05, 4.69) is 5.43 Å². The first-order valence-electron chi connectivity index (χ1n) is 3.09. The van der Waals surface area contributed by atoms with Crippen LogP contribution in [0.15, 0.2) is 18.2 Å². The van der Waals surface area contributed by atoms with Crippen molar-refractivity contribution in [2.45, 2.75) is 5.88 Å². The Balaban J connectivity index is 3.06. The Bertz CT molecular complexity index is 250. The maximum Gasteiger partial charge on any atom is 0.0530 e. The lowest BCUT2D eigenvalue weighted by atomic mass is 10.2. The molecule has 0 bridgehead atoms. The lowest BCUT2D eigenvalue weighted by Gasteiger charge is -2.05. The molecule has 3 N–H and O–H groups in total. The first kappa shape index (κ1) is 8.65. The minimum absolute atomic E-state index is 0.403. The van der Waals surface area contributed by atoms with Crippen molar-refractivity contribution in [2.24, 2.45) is 5.84 Å². The molecule has 0 saturated heterocycles. The third-order valence-electron chi connectivity index (χ3n) is 1.37.